The quantitative estimate of drug-likeness (QED) is 0.593. The van der Waals surface area contributed by atoms with Crippen LogP contribution in [0.2, 0.25) is 0 Å². The molecule has 1 saturated carbocycles. The number of nitrogens with one attached hydrogen (secondary N) is 1. The van der Waals surface area contributed by atoms with Crippen LogP contribution in [0, 0.1) is 5.92 Å². The summed E-state index contributed by atoms with van der Waals surface area (Å²) in [5.74, 6) is 0.843. The summed E-state index contributed by atoms with van der Waals surface area (Å²) in [6.45, 7) is 9.25. The maximum Gasteiger partial charge on any atom is 0.0807 e. The van der Waals surface area contributed by atoms with E-state index in [1.165, 1.54) is 32.1 Å². The van der Waals surface area contributed by atoms with Crippen LogP contribution in [0.25, 0.3) is 0 Å². The van der Waals surface area contributed by atoms with Crippen molar-refractivity contribution in [2.24, 2.45) is 5.92 Å². The molecule has 0 aromatic rings. The van der Waals surface area contributed by atoms with Gasteiger partial charge >= 0.3 is 0 Å². The highest BCUT2D eigenvalue weighted by molar-refractivity contribution is 4.88. The van der Waals surface area contributed by atoms with Crippen molar-refractivity contribution in [2.75, 3.05) is 46.6 Å². The Balaban J connectivity index is 2.27. The predicted molar refractivity (Wildman–Crippen MR) is 82.2 cm³/mol. The second kappa shape index (κ2) is 10.6. The number of ether oxygens (including phenoxy) is 3. The van der Waals surface area contributed by atoms with E-state index < -0.39 is 0 Å². The zero-order valence-corrected chi connectivity index (χ0v) is 13.6. The van der Waals surface area contributed by atoms with E-state index >= 15 is 0 Å². The maximum atomic E-state index is 6.22. The van der Waals surface area contributed by atoms with Gasteiger partial charge in [0.15, 0.2) is 0 Å². The molecule has 0 unspecified atom stereocenters. The third kappa shape index (κ3) is 7.02. The molecule has 0 bridgehead atoms. The number of hydrogen-bond acceptors (Lipinski definition) is 4. The van der Waals surface area contributed by atoms with E-state index in [0.717, 1.165) is 19.0 Å². The summed E-state index contributed by atoms with van der Waals surface area (Å²) in [6.07, 6.45) is 6.06. The van der Waals surface area contributed by atoms with Crippen LogP contribution in [0.5, 0.6) is 0 Å². The molecule has 0 aromatic heterocycles. The summed E-state index contributed by atoms with van der Waals surface area (Å²) < 4.78 is 16.7. The SMILES string of the molecule is CCCNCC1(OCCOCCOC)CCC(C)CC1. The summed E-state index contributed by atoms with van der Waals surface area (Å²) >= 11 is 0. The lowest BCUT2D eigenvalue weighted by Gasteiger charge is -2.39. The maximum absolute atomic E-state index is 6.22. The molecule has 4 heteroatoms. The third-order valence-corrected chi connectivity index (χ3v) is 4.13. The Morgan fingerprint density at radius 2 is 1.80 bits per heavy atom. The first-order chi connectivity index (χ1) is 9.72. The van der Waals surface area contributed by atoms with Crippen molar-refractivity contribution in [1.82, 2.24) is 5.32 Å². The Hall–Kier alpha value is -0.160. The minimum absolute atomic E-state index is 0.0340. The molecule has 1 aliphatic rings. The van der Waals surface area contributed by atoms with Crippen LogP contribution < -0.4 is 5.32 Å². The van der Waals surface area contributed by atoms with Crippen molar-refractivity contribution in [3.05, 3.63) is 0 Å². The van der Waals surface area contributed by atoms with Gasteiger partial charge in [-0.3, -0.25) is 0 Å². The number of hydrogen-bond donors (Lipinski definition) is 1. The highest BCUT2D eigenvalue weighted by atomic mass is 16.5. The van der Waals surface area contributed by atoms with Crippen LogP contribution in [-0.2, 0) is 14.2 Å². The van der Waals surface area contributed by atoms with Gasteiger partial charge in [-0.25, -0.2) is 0 Å². The fourth-order valence-corrected chi connectivity index (χ4v) is 2.71. The van der Waals surface area contributed by atoms with Crippen LogP contribution in [0.15, 0.2) is 0 Å². The average Bonchev–Trinajstić information content (AvgIpc) is 2.46. The van der Waals surface area contributed by atoms with Gasteiger partial charge < -0.3 is 19.5 Å². The van der Waals surface area contributed by atoms with Crippen molar-refractivity contribution in [2.45, 2.75) is 51.6 Å². The van der Waals surface area contributed by atoms with Gasteiger partial charge in [-0.2, -0.15) is 0 Å². The van der Waals surface area contributed by atoms with Crippen molar-refractivity contribution < 1.29 is 14.2 Å². The minimum Gasteiger partial charge on any atom is -0.382 e. The van der Waals surface area contributed by atoms with Gasteiger partial charge in [0.1, 0.15) is 0 Å². The van der Waals surface area contributed by atoms with Crippen molar-refractivity contribution in [1.29, 1.82) is 0 Å². The lowest BCUT2D eigenvalue weighted by molar-refractivity contribution is -0.0934. The molecule has 1 aliphatic carbocycles. The van der Waals surface area contributed by atoms with Gasteiger partial charge in [0.05, 0.1) is 32.0 Å². The molecule has 4 nitrogen and oxygen atoms in total. The molecule has 0 atom stereocenters. The van der Waals surface area contributed by atoms with Crippen LogP contribution in [0.4, 0.5) is 0 Å². The van der Waals surface area contributed by atoms with Gasteiger partial charge in [-0.1, -0.05) is 13.8 Å². The second-order valence-electron chi connectivity index (χ2n) is 6.00. The Morgan fingerprint density at radius 3 is 2.45 bits per heavy atom. The zero-order valence-electron chi connectivity index (χ0n) is 13.6. The molecule has 0 aromatic carbocycles. The molecule has 0 aliphatic heterocycles. The Bertz CT molecular complexity index is 228. The van der Waals surface area contributed by atoms with Crippen LogP contribution in [0.3, 0.4) is 0 Å². The molecule has 0 amide bonds. The largest absolute Gasteiger partial charge is 0.382 e. The van der Waals surface area contributed by atoms with Gasteiger partial charge in [0.2, 0.25) is 0 Å². The molecular formula is C16H33NO3. The van der Waals surface area contributed by atoms with E-state index in [2.05, 4.69) is 19.2 Å². The molecule has 0 spiro atoms. The smallest absolute Gasteiger partial charge is 0.0807 e. The summed E-state index contributed by atoms with van der Waals surface area (Å²) in [5.41, 5.74) is 0.0340. The fraction of sp³-hybridized carbons (Fsp3) is 1.00. The molecule has 120 valence electrons. The highest BCUT2D eigenvalue weighted by Gasteiger charge is 2.34. The van der Waals surface area contributed by atoms with Gasteiger partial charge in [-0.15, -0.1) is 0 Å². The minimum atomic E-state index is 0.0340. The topological polar surface area (TPSA) is 39.7 Å². The van der Waals surface area contributed by atoms with Crippen molar-refractivity contribution >= 4 is 0 Å². The summed E-state index contributed by atoms with van der Waals surface area (Å²) in [7, 11) is 1.69. The van der Waals surface area contributed by atoms with E-state index in [4.69, 9.17) is 14.2 Å². The monoisotopic (exact) mass is 287 g/mol. The van der Waals surface area contributed by atoms with Crippen LogP contribution >= 0.6 is 0 Å². The molecule has 20 heavy (non-hydrogen) atoms. The van der Waals surface area contributed by atoms with E-state index in [-0.39, 0.29) is 5.60 Å². The second-order valence-corrected chi connectivity index (χ2v) is 6.00. The van der Waals surface area contributed by atoms with Crippen molar-refractivity contribution in [3.63, 3.8) is 0 Å². The third-order valence-electron chi connectivity index (χ3n) is 4.13. The summed E-state index contributed by atoms with van der Waals surface area (Å²) in [6, 6.07) is 0. The molecule has 0 heterocycles. The number of rotatable bonds is 11. The van der Waals surface area contributed by atoms with E-state index in [1.807, 2.05) is 0 Å². The van der Waals surface area contributed by atoms with Gasteiger partial charge in [0, 0.05) is 13.7 Å². The molecule has 1 fully saturated rings. The highest BCUT2D eigenvalue weighted by Crippen LogP contribution is 2.34. The van der Waals surface area contributed by atoms with Crippen molar-refractivity contribution in [3.8, 4) is 0 Å². The van der Waals surface area contributed by atoms with Crippen LogP contribution in [-0.4, -0.2) is 52.2 Å². The molecule has 1 rings (SSSR count). The van der Waals surface area contributed by atoms with Gasteiger partial charge in [-0.05, 0) is 44.6 Å². The normalized spacial score (nSPS) is 26.9. The Kier molecular flexibility index (Phi) is 9.44. The molecular weight excluding hydrogens is 254 g/mol. The first-order valence-electron chi connectivity index (χ1n) is 8.14. The standard InChI is InChI=1S/C16H33NO3/c1-4-9-17-14-16(7-5-15(2)6-8-16)20-13-12-19-11-10-18-3/h15,17H,4-14H2,1-3H3. The lowest BCUT2D eigenvalue weighted by atomic mass is 9.79. The summed E-state index contributed by atoms with van der Waals surface area (Å²) in [5, 5.41) is 3.54. The first kappa shape index (κ1) is 17.9. The Labute approximate surface area is 124 Å². The fourth-order valence-electron chi connectivity index (χ4n) is 2.71. The molecule has 0 radical (unpaired) electrons. The first-order valence-corrected chi connectivity index (χ1v) is 8.14. The summed E-state index contributed by atoms with van der Waals surface area (Å²) in [4.78, 5) is 0. The van der Waals surface area contributed by atoms with Crippen LogP contribution in [0.1, 0.15) is 46.0 Å². The lowest BCUT2D eigenvalue weighted by Crippen LogP contribution is -2.46. The molecule has 1 N–H and O–H groups in total. The van der Waals surface area contributed by atoms with E-state index in [0.29, 0.717) is 26.4 Å². The van der Waals surface area contributed by atoms with E-state index in [9.17, 15) is 0 Å². The molecule has 0 saturated heterocycles. The average molecular weight is 287 g/mol. The zero-order chi connectivity index (χ0) is 14.7. The van der Waals surface area contributed by atoms with E-state index in [1.54, 1.807) is 7.11 Å². The predicted octanol–water partition coefficient (Wildman–Crippen LogP) is 2.61. The number of methoxy groups -OCH3 is 1. The van der Waals surface area contributed by atoms with Gasteiger partial charge in [0.25, 0.3) is 0 Å². The Morgan fingerprint density at radius 1 is 1.10 bits per heavy atom.